The molecule has 19 heavy (non-hydrogen) atoms. The number of aliphatic hydroxyl groups excluding tert-OH is 1. The number of nitrogens with two attached hydrogens (primary N) is 1. The number of nitrogens with zero attached hydrogens (tertiary/aromatic N) is 2. The van der Waals surface area contributed by atoms with Gasteiger partial charge in [-0.2, -0.15) is 9.57 Å². The number of rotatable bonds is 3. The fourth-order valence-electron chi connectivity index (χ4n) is 2.29. The zero-order valence-electron chi connectivity index (χ0n) is 10.3. The Kier molecular flexibility index (Phi) is 3.75. The maximum atomic E-state index is 12.5. The highest BCUT2D eigenvalue weighted by atomic mass is 32.2. The Balaban J connectivity index is 2.43. The van der Waals surface area contributed by atoms with Gasteiger partial charge in [0.1, 0.15) is 4.90 Å². The van der Waals surface area contributed by atoms with Gasteiger partial charge in [0.15, 0.2) is 0 Å². The second-order valence-electron chi connectivity index (χ2n) is 4.46. The van der Waals surface area contributed by atoms with Gasteiger partial charge in [0.25, 0.3) is 0 Å². The predicted molar refractivity (Wildman–Crippen MR) is 69.6 cm³/mol. The summed E-state index contributed by atoms with van der Waals surface area (Å²) in [7, 11) is -3.72. The first-order valence-electron chi connectivity index (χ1n) is 5.93. The first kappa shape index (κ1) is 13.8. The van der Waals surface area contributed by atoms with Gasteiger partial charge in [0, 0.05) is 12.6 Å². The third-order valence-electron chi connectivity index (χ3n) is 3.26. The van der Waals surface area contributed by atoms with E-state index < -0.39 is 10.0 Å². The zero-order valence-corrected chi connectivity index (χ0v) is 11.1. The molecule has 0 saturated carbocycles. The maximum absolute atomic E-state index is 12.5. The molecule has 0 amide bonds. The Labute approximate surface area is 112 Å². The summed E-state index contributed by atoms with van der Waals surface area (Å²) in [5, 5.41) is 18.0. The van der Waals surface area contributed by atoms with Crippen LogP contribution in [0, 0.1) is 11.3 Å². The van der Waals surface area contributed by atoms with Crippen LogP contribution in [-0.2, 0) is 10.0 Å². The Morgan fingerprint density at radius 3 is 2.84 bits per heavy atom. The van der Waals surface area contributed by atoms with E-state index >= 15 is 0 Å². The highest BCUT2D eigenvalue weighted by Gasteiger charge is 2.35. The van der Waals surface area contributed by atoms with Crippen molar-refractivity contribution in [1.82, 2.24) is 4.31 Å². The minimum absolute atomic E-state index is 0.00755. The van der Waals surface area contributed by atoms with E-state index in [0.29, 0.717) is 18.5 Å². The van der Waals surface area contributed by atoms with E-state index in [9.17, 15) is 13.5 Å². The number of sulfonamides is 1. The molecule has 1 unspecified atom stereocenters. The van der Waals surface area contributed by atoms with Gasteiger partial charge in [-0.1, -0.05) is 0 Å². The predicted octanol–water partition coefficient (Wildman–Crippen LogP) is 0.286. The number of benzene rings is 1. The van der Waals surface area contributed by atoms with Crippen molar-refractivity contribution in [3.8, 4) is 6.07 Å². The molecule has 0 aliphatic carbocycles. The molecule has 1 aromatic carbocycles. The van der Waals surface area contributed by atoms with Crippen molar-refractivity contribution in [1.29, 1.82) is 5.26 Å². The number of aliphatic hydroxyl groups is 1. The van der Waals surface area contributed by atoms with E-state index in [-0.39, 0.29) is 23.2 Å². The van der Waals surface area contributed by atoms with Gasteiger partial charge in [-0.15, -0.1) is 0 Å². The maximum Gasteiger partial charge on any atom is 0.245 e. The van der Waals surface area contributed by atoms with Gasteiger partial charge in [-0.05, 0) is 31.0 Å². The summed E-state index contributed by atoms with van der Waals surface area (Å²) in [6.45, 7) is 0.183. The lowest BCUT2D eigenvalue weighted by Gasteiger charge is -2.23. The van der Waals surface area contributed by atoms with Crippen LogP contribution in [0.15, 0.2) is 23.1 Å². The molecule has 0 spiro atoms. The van der Waals surface area contributed by atoms with Gasteiger partial charge in [0.2, 0.25) is 10.0 Å². The van der Waals surface area contributed by atoms with Crippen LogP contribution >= 0.6 is 0 Å². The minimum atomic E-state index is -3.72. The molecule has 2 rings (SSSR count). The van der Waals surface area contributed by atoms with E-state index in [2.05, 4.69) is 0 Å². The Bertz CT molecular complexity index is 622. The Morgan fingerprint density at radius 2 is 2.26 bits per heavy atom. The molecule has 6 nitrogen and oxygen atoms in total. The van der Waals surface area contributed by atoms with Gasteiger partial charge >= 0.3 is 0 Å². The number of hydrogen-bond acceptors (Lipinski definition) is 5. The third kappa shape index (κ3) is 2.42. The van der Waals surface area contributed by atoms with Gasteiger partial charge < -0.3 is 10.8 Å². The van der Waals surface area contributed by atoms with Crippen molar-refractivity contribution < 1.29 is 13.5 Å². The Hall–Kier alpha value is -1.62. The normalized spacial score (nSPS) is 20.3. The molecule has 7 heteroatoms. The van der Waals surface area contributed by atoms with Crippen molar-refractivity contribution in [2.45, 2.75) is 23.8 Å². The number of nitrogen functional groups attached to an aromatic ring is 1. The molecule has 1 saturated heterocycles. The summed E-state index contributed by atoms with van der Waals surface area (Å²) < 4.78 is 26.2. The summed E-state index contributed by atoms with van der Waals surface area (Å²) >= 11 is 0. The average Bonchev–Trinajstić information content (AvgIpc) is 2.87. The lowest BCUT2D eigenvalue weighted by molar-refractivity contribution is 0.213. The second-order valence-corrected chi connectivity index (χ2v) is 6.32. The average molecular weight is 281 g/mol. The first-order valence-corrected chi connectivity index (χ1v) is 7.37. The van der Waals surface area contributed by atoms with Crippen LogP contribution in [0.25, 0.3) is 0 Å². The van der Waals surface area contributed by atoms with Crippen LogP contribution in [0.3, 0.4) is 0 Å². The van der Waals surface area contributed by atoms with Crippen LogP contribution < -0.4 is 5.73 Å². The molecule has 1 aromatic rings. The molecule has 1 heterocycles. The fourth-order valence-corrected chi connectivity index (χ4v) is 4.07. The van der Waals surface area contributed by atoms with E-state index in [0.717, 1.165) is 6.42 Å². The number of nitriles is 1. The Morgan fingerprint density at radius 1 is 1.53 bits per heavy atom. The summed E-state index contributed by atoms with van der Waals surface area (Å²) in [4.78, 5) is -0.00755. The first-order chi connectivity index (χ1) is 9.00. The number of hydrogen-bond donors (Lipinski definition) is 2. The van der Waals surface area contributed by atoms with Crippen molar-refractivity contribution in [2.75, 3.05) is 18.9 Å². The van der Waals surface area contributed by atoms with Crippen molar-refractivity contribution >= 4 is 15.7 Å². The lowest BCUT2D eigenvalue weighted by atomic mass is 10.2. The smallest absolute Gasteiger partial charge is 0.245 e. The fraction of sp³-hybridized carbons (Fsp3) is 0.417. The van der Waals surface area contributed by atoms with E-state index in [1.807, 2.05) is 6.07 Å². The van der Waals surface area contributed by atoms with Crippen LogP contribution in [-0.4, -0.2) is 37.0 Å². The van der Waals surface area contributed by atoms with Crippen LogP contribution in [0.2, 0.25) is 0 Å². The molecule has 102 valence electrons. The van der Waals surface area contributed by atoms with Gasteiger partial charge in [-0.3, -0.25) is 0 Å². The van der Waals surface area contributed by atoms with E-state index in [1.165, 1.54) is 22.5 Å². The third-order valence-corrected chi connectivity index (χ3v) is 5.29. The monoisotopic (exact) mass is 281 g/mol. The van der Waals surface area contributed by atoms with Gasteiger partial charge in [0.05, 0.1) is 23.9 Å². The molecule has 1 atom stereocenters. The summed E-state index contributed by atoms with van der Waals surface area (Å²) in [6, 6.07) is 5.63. The highest BCUT2D eigenvalue weighted by molar-refractivity contribution is 7.89. The summed E-state index contributed by atoms with van der Waals surface area (Å²) in [5.74, 6) is 0. The topological polar surface area (TPSA) is 107 Å². The van der Waals surface area contributed by atoms with Crippen molar-refractivity contribution in [3.63, 3.8) is 0 Å². The van der Waals surface area contributed by atoms with Crippen LogP contribution in [0.1, 0.15) is 18.4 Å². The van der Waals surface area contributed by atoms with Crippen LogP contribution in [0.4, 0.5) is 5.69 Å². The number of anilines is 1. The van der Waals surface area contributed by atoms with E-state index in [4.69, 9.17) is 11.0 Å². The quantitative estimate of drug-likeness (QED) is 0.774. The molecule has 0 aromatic heterocycles. The highest BCUT2D eigenvalue weighted by Crippen LogP contribution is 2.29. The standard InChI is InChI=1S/C12H15N3O3S/c13-7-9-3-4-12(11(14)6-9)19(17,18)15-5-1-2-10(15)8-16/h3-4,6,10,16H,1-2,5,8,14H2. The summed E-state index contributed by atoms with van der Waals surface area (Å²) in [6.07, 6.45) is 1.37. The largest absolute Gasteiger partial charge is 0.398 e. The molecular weight excluding hydrogens is 266 g/mol. The van der Waals surface area contributed by atoms with Crippen LogP contribution in [0.5, 0.6) is 0 Å². The minimum Gasteiger partial charge on any atom is -0.398 e. The molecule has 0 bridgehead atoms. The van der Waals surface area contributed by atoms with Crippen molar-refractivity contribution in [3.05, 3.63) is 23.8 Å². The molecule has 1 fully saturated rings. The van der Waals surface area contributed by atoms with E-state index in [1.54, 1.807) is 0 Å². The molecule has 1 aliphatic rings. The molecule has 0 radical (unpaired) electrons. The summed E-state index contributed by atoms with van der Waals surface area (Å²) in [5.41, 5.74) is 6.09. The molecule has 3 N–H and O–H groups in total. The lowest BCUT2D eigenvalue weighted by Crippen LogP contribution is -2.37. The second kappa shape index (κ2) is 5.17. The molecular formula is C12H15N3O3S. The SMILES string of the molecule is N#Cc1ccc(S(=O)(=O)N2CCCC2CO)c(N)c1. The zero-order chi connectivity index (χ0) is 14.0. The molecule has 1 aliphatic heterocycles. The van der Waals surface area contributed by atoms with Gasteiger partial charge in [-0.25, -0.2) is 8.42 Å². The van der Waals surface area contributed by atoms with Crippen molar-refractivity contribution in [2.24, 2.45) is 0 Å².